The zero-order valence-electron chi connectivity index (χ0n) is 8.49. The molecule has 0 saturated heterocycles. The summed E-state index contributed by atoms with van der Waals surface area (Å²) in [6.45, 7) is 5.49. The van der Waals surface area contributed by atoms with E-state index in [0.29, 0.717) is 0 Å². The number of ketones is 1. The van der Waals surface area contributed by atoms with Crippen molar-refractivity contribution in [3.8, 4) is 0 Å². The Balaban J connectivity index is 3.97. The summed E-state index contributed by atoms with van der Waals surface area (Å²) in [6, 6.07) is 0. The predicted octanol–water partition coefficient (Wildman–Crippen LogP) is 1.51. The van der Waals surface area contributed by atoms with Gasteiger partial charge >= 0.3 is 5.97 Å². The van der Waals surface area contributed by atoms with Gasteiger partial charge in [0.25, 0.3) is 0 Å². The molecular formula is C9H16O3S. The molecule has 0 aliphatic carbocycles. The molecule has 0 aromatic rings. The lowest BCUT2D eigenvalue weighted by atomic mass is 10.1. The lowest BCUT2D eigenvalue weighted by molar-refractivity contribution is -0.137. The standard InChI is InChI=1S/C9H16O3S/c1-6(2)9(7(3)10)13-5-8(11)12-4/h6,9H,5H2,1-4H3. The van der Waals surface area contributed by atoms with Gasteiger partial charge in [-0.05, 0) is 12.8 Å². The van der Waals surface area contributed by atoms with Crippen molar-refractivity contribution in [3.05, 3.63) is 0 Å². The van der Waals surface area contributed by atoms with Crippen LogP contribution in [0.15, 0.2) is 0 Å². The SMILES string of the molecule is COC(=O)CSC(C(C)=O)C(C)C. The van der Waals surface area contributed by atoms with Gasteiger partial charge in [-0.1, -0.05) is 13.8 Å². The Morgan fingerprint density at radius 1 is 1.38 bits per heavy atom. The van der Waals surface area contributed by atoms with E-state index in [-0.39, 0.29) is 28.7 Å². The molecule has 0 aromatic carbocycles. The van der Waals surface area contributed by atoms with Gasteiger partial charge in [0, 0.05) is 0 Å². The van der Waals surface area contributed by atoms with Crippen LogP contribution in [0.5, 0.6) is 0 Å². The molecule has 0 rings (SSSR count). The fraction of sp³-hybridized carbons (Fsp3) is 0.778. The van der Waals surface area contributed by atoms with Crippen molar-refractivity contribution in [2.75, 3.05) is 12.9 Å². The molecule has 0 radical (unpaired) electrons. The zero-order valence-corrected chi connectivity index (χ0v) is 9.31. The number of carbonyl (C=O) groups is 2. The van der Waals surface area contributed by atoms with E-state index in [4.69, 9.17) is 0 Å². The van der Waals surface area contributed by atoms with Gasteiger partial charge in [0.2, 0.25) is 0 Å². The maximum Gasteiger partial charge on any atom is 0.315 e. The average molecular weight is 204 g/mol. The summed E-state index contributed by atoms with van der Waals surface area (Å²) < 4.78 is 4.49. The van der Waals surface area contributed by atoms with Gasteiger partial charge < -0.3 is 4.74 Å². The first kappa shape index (κ1) is 12.5. The third-order valence-corrected chi connectivity index (χ3v) is 3.25. The fourth-order valence-corrected chi connectivity index (χ4v) is 2.05. The summed E-state index contributed by atoms with van der Waals surface area (Å²) >= 11 is 1.35. The second-order valence-electron chi connectivity index (χ2n) is 3.16. The van der Waals surface area contributed by atoms with E-state index < -0.39 is 0 Å². The van der Waals surface area contributed by atoms with Crippen molar-refractivity contribution in [1.82, 2.24) is 0 Å². The van der Waals surface area contributed by atoms with Gasteiger partial charge in [0.15, 0.2) is 0 Å². The molecule has 0 bridgehead atoms. The molecule has 0 aromatic heterocycles. The molecule has 3 nitrogen and oxygen atoms in total. The van der Waals surface area contributed by atoms with Crippen molar-refractivity contribution < 1.29 is 14.3 Å². The molecule has 1 atom stereocenters. The van der Waals surface area contributed by atoms with Gasteiger partial charge in [0.1, 0.15) is 5.78 Å². The lowest BCUT2D eigenvalue weighted by Crippen LogP contribution is -2.22. The van der Waals surface area contributed by atoms with E-state index in [2.05, 4.69) is 4.74 Å². The highest BCUT2D eigenvalue weighted by Gasteiger charge is 2.19. The molecule has 0 heterocycles. The van der Waals surface area contributed by atoms with Crippen LogP contribution in [0.4, 0.5) is 0 Å². The third-order valence-electron chi connectivity index (χ3n) is 1.61. The Morgan fingerprint density at radius 3 is 2.23 bits per heavy atom. The molecule has 0 aliphatic rings. The number of carbonyl (C=O) groups excluding carboxylic acids is 2. The summed E-state index contributed by atoms with van der Waals surface area (Å²) in [7, 11) is 1.35. The fourth-order valence-electron chi connectivity index (χ4n) is 0.996. The van der Waals surface area contributed by atoms with Gasteiger partial charge in [0.05, 0.1) is 18.1 Å². The maximum absolute atomic E-state index is 11.1. The Labute approximate surface area is 83.2 Å². The van der Waals surface area contributed by atoms with Crippen LogP contribution >= 0.6 is 11.8 Å². The number of methoxy groups -OCH3 is 1. The second kappa shape index (κ2) is 6.02. The van der Waals surface area contributed by atoms with Crippen LogP contribution in [0.3, 0.4) is 0 Å². The topological polar surface area (TPSA) is 43.4 Å². The quantitative estimate of drug-likeness (QED) is 0.637. The number of Topliss-reactive ketones (excluding diaryl/α,β-unsaturated/α-hetero) is 1. The first-order chi connectivity index (χ1) is 5.99. The van der Waals surface area contributed by atoms with Gasteiger partial charge in [-0.2, -0.15) is 0 Å². The highest BCUT2D eigenvalue weighted by Crippen LogP contribution is 2.20. The zero-order chi connectivity index (χ0) is 10.4. The Kier molecular flexibility index (Phi) is 5.79. The Bertz CT molecular complexity index is 189. The molecule has 0 aliphatic heterocycles. The molecule has 0 spiro atoms. The molecular weight excluding hydrogens is 188 g/mol. The maximum atomic E-state index is 11.1. The molecule has 0 amide bonds. The monoisotopic (exact) mass is 204 g/mol. The summed E-state index contributed by atoms with van der Waals surface area (Å²) in [5, 5.41) is -0.0981. The minimum Gasteiger partial charge on any atom is -0.468 e. The molecule has 0 N–H and O–H groups in total. The van der Waals surface area contributed by atoms with E-state index in [1.54, 1.807) is 6.92 Å². The van der Waals surface area contributed by atoms with Crippen LogP contribution in [0.1, 0.15) is 20.8 Å². The van der Waals surface area contributed by atoms with Crippen molar-refractivity contribution in [2.24, 2.45) is 5.92 Å². The highest BCUT2D eigenvalue weighted by molar-refractivity contribution is 8.01. The number of ether oxygens (including phenoxy) is 1. The van der Waals surface area contributed by atoms with E-state index in [1.807, 2.05) is 13.8 Å². The number of hydrogen-bond acceptors (Lipinski definition) is 4. The van der Waals surface area contributed by atoms with Crippen molar-refractivity contribution >= 4 is 23.5 Å². The number of thioether (sulfide) groups is 1. The van der Waals surface area contributed by atoms with Gasteiger partial charge in [-0.25, -0.2) is 0 Å². The van der Waals surface area contributed by atoms with Crippen molar-refractivity contribution in [3.63, 3.8) is 0 Å². The minimum absolute atomic E-state index is 0.0981. The van der Waals surface area contributed by atoms with Crippen LogP contribution in [0.2, 0.25) is 0 Å². The molecule has 0 fully saturated rings. The largest absolute Gasteiger partial charge is 0.468 e. The van der Waals surface area contributed by atoms with Gasteiger partial charge in [-0.15, -0.1) is 11.8 Å². The first-order valence-electron chi connectivity index (χ1n) is 4.18. The van der Waals surface area contributed by atoms with E-state index in [9.17, 15) is 9.59 Å². The number of esters is 1. The molecule has 13 heavy (non-hydrogen) atoms. The van der Waals surface area contributed by atoms with Crippen LogP contribution in [0.25, 0.3) is 0 Å². The summed E-state index contributed by atoms with van der Waals surface area (Å²) in [5.41, 5.74) is 0. The summed E-state index contributed by atoms with van der Waals surface area (Å²) in [5.74, 6) is 0.340. The van der Waals surface area contributed by atoms with Crippen molar-refractivity contribution in [1.29, 1.82) is 0 Å². The normalized spacial score (nSPS) is 12.7. The molecule has 1 unspecified atom stereocenters. The molecule has 4 heteroatoms. The van der Waals surface area contributed by atoms with Crippen LogP contribution < -0.4 is 0 Å². The first-order valence-corrected chi connectivity index (χ1v) is 5.22. The van der Waals surface area contributed by atoms with Crippen LogP contribution in [-0.4, -0.2) is 29.9 Å². The second-order valence-corrected chi connectivity index (χ2v) is 4.29. The van der Waals surface area contributed by atoms with E-state index in [1.165, 1.54) is 18.9 Å². The van der Waals surface area contributed by atoms with E-state index >= 15 is 0 Å². The number of hydrogen-bond donors (Lipinski definition) is 0. The summed E-state index contributed by atoms with van der Waals surface area (Å²) in [4.78, 5) is 21.9. The Hall–Kier alpha value is -0.510. The van der Waals surface area contributed by atoms with Crippen molar-refractivity contribution in [2.45, 2.75) is 26.0 Å². The van der Waals surface area contributed by atoms with E-state index in [0.717, 1.165) is 0 Å². The van der Waals surface area contributed by atoms with Crippen LogP contribution in [0, 0.1) is 5.92 Å². The Morgan fingerprint density at radius 2 is 1.92 bits per heavy atom. The minimum atomic E-state index is -0.281. The van der Waals surface area contributed by atoms with Gasteiger partial charge in [-0.3, -0.25) is 9.59 Å². The molecule has 76 valence electrons. The molecule has 0 saturated carbocycles. The lowest BCUT2D eigenvalue weighted by Gasteiger charge is -2.16. The third kappa shape index (κ3) is 4.93. The van der Waals surface area contributed by atoms with Crippen LogP contribution in [-0.2, 0) is 14.3 Å². The smallest absolute Gasteiger partial charge is 0.315 e. The average Bonchev–Trinajstić information content (AvgIpc) is 2.03. The summed E-state index contributed by atoms with van der Waals surface area (Å²) in [6.07, 6.45) is 0. The highest BCUT2D eigenvalue weighted by atomic mass is 32.2. The number of rotatable bonds is 5. The predicted molar refractivity (Wildman–Crippen MR) is 53.8 cm³/mol.